The Hall–Kier alpha value is -1.93. The lowest BCUT2D eigenvalue weighted by molar-refractivity contribution is -0.109. The van der Waals surface area contributed by atoms with Crippen molar-refractivity contribution in [2.24, 2.45) is 0 Å². The molecule has 0 fully saturated rings. The molecule has 0 heterocycles. The number of aldehydes is 1. The average Bonchev–Trinajstić information content (AvgIpc) is 2.74. The van der Waals surface area contributed by atoms with E-state index in [1.807, 2.05) is 34.7 Å². The van der Waals surface area contributed by atoms with Gasteiger partial charge in [-0.15, -0.1) is 0 Å². The van der Waals surface area contributed by atoms with Crippen molar-refractivity contribution in [1.82, 2.24) is 5.32 Å². The number of carbonyl (C=O) groups is 1. The van der Waals surface area contributed by atoms with Crippen molar-refractivity contribution in [3.63, 3.8) is 0 Å². The van der Waals surface area contributed by atoms with Crippen LogP contribution in [0.15, 0.2) is 48.5 Å². The molecule has 0 saturated heterocycles. The summed E-state index contributed by atoms with van der Waals surface area (Å²) in [4.78, 5) is 10.9. The van der Waals surface area contributed by atoms with Crippen LogP contribution in [-0.2, 0) is 17.6 Å². The van der Waals surface area contributed by atoms with Crippen LogP contribution in [0.5, 0.6) is 0 Å². The first-order valence-electron chi connectivity index (χ1n) is 10.1. The van der Waals surface area contributed by atoms with E-state index in [1.165, 1.54) is 35.1 Å². The maximum Gasteiger partial charge on any atom is 0.137 e. The molecule has 0 spiro atoms. The Bertz CT molecular complexity index is 589. The fourth-order valence-corrected chi connectivity index (χ4v) is 2.68. The fraction of sp³-hybridized carbons (Fsp3) is 0.458. The molecule has 2 heteroatoms. The van der Waals surface area contributed by atoms with Gasteiger partial charge < -0.3 is 10.1 Å². The third-order valence-corrected chi connectivity index (χ3v) is 4.07. The zero-order chi connectivity index (χ0) is 19.8. The van der Waals surface area contributed by atoms with Crippen molar-refractivity contribution in [1.29, 1.82) is 0 Å². The van der Waals surface area contributed by atoms with E-state index in [9.17, 15) is 4.79 Å². The second-order valence-corrected chi connectivity index (χ2v) is 5.69. The predicted molar refractivity (Wildman–Crippen MR) is 116 cm³/mol. The first-order valence-corrected chi connectivity index (χ1v) is 10.1. The summed E-state index contributed by atoms with van der Waals surface area (Å²) in [5.41, 5.74) is 5.17. The first-order chi connectivity index (χ1) is 12.8. The Kier molecular flexibility index (Phi) is 14.2. The number of hydrogen-bond donors (Lipinski definition) is 1. The number of likely N-dealkylation sites (N-methyl/N-ethyl adjacent to an activating group) is 1. The van der Waals surface area contributed by atoms with Crippen LogP contribution < -0.4 is 5.32 Å². The molecule has 1 atom stereocenters. The van der Waals surface area contributed by atoms with Crippen LogP contribution in [0.1, 0.15) is 58.6 Å². The number of unbranched alkanes of at least 4 members (excludes halogenated alkanes) is 1. The molecule has 0 saturated carbocycles. The number of carbonyl (C=O) groups excluding carboxylic acids is 1. The topological polar surface area (TPSA) is 29.1 Å². The van der Waals surface area contributed by atoms with Crippen LogP contribution in [0, 0.1) is 0 Å². The molecular formula is C24H37NO. The van der Waals surface area contributed by atoms with E-state index < -0.39 is 0 Å². The van der Waals surface area contributed by atoms with Gasteiger partial charge in [0.05, 0.1) is 6.04 Å². The molecule has 2 aromatic carbocycles. The molecule has 0 aliphatic carbocycles. The highest BCUT2D eigenvalue weighted by Crippen LogP contribution is 2.25. The minimum absolute atomic E-state index is 0.109. The molecule has 26 heavy (non-hydrogen) atoms. The van der Waals surface area contributed by atoms with Gasteiger partial charge in [-0.3, -0.25) is 0 Å². The molecule has 0 aromatic heterocycles. The number of benzene rings is 2. The minimum atomic E-state index is -0.109. The highest BCUT2D eigenvalue weighted by molar-refractivity contribution is 5.67. The van der Waals surface area contributed by atoms with E-state index in [0.717, 1.165) is 19.1 Å². The third-order valence-electron chi connectivity index (χ3n) is 4.07. The van der Waals surface area contributed by atoms with Crippen molar-refractivity contribution in [2.45, 2.75) is 66.3 Å². The lowest BCUT2D eigenvalue weighted by Gasteiger charge is -2.12. The van der Waals surface area contributed by atoms with Crippen LogP contribution in [0.2, 0.25) is 0 Å². The minimum Gasteiger partial charge on any atom is -0.311 e. The van der Waals surface area contributed by atoms with Gasteiger partial charge in [-0.2, -0.15) is 0 Å². The van der Waals surface area contributed by atoms with Crippen LogP contribution in [0.4, 0.5) is 0 Å². The largest absolute Gasteiger partial charge is 0.311 e. The van der Waals surface area contributed by atoms with Crippen molar-refractivity contribution < 1.29 is 4.79 Å². The van der Waals surface area contributed by atoms with E-state index in [0.29, 0.717) is 0 Å². The van der Waals surface area contributed by atoms with Gasteiger partial charge in [0.15, 0.2) is 0 Å². The van der Waals surface area contributed by atoms with Gasteiger partial charge in [-0.05, 0) is 48.6 Å². The van der Waals surface area contributed by atoms with E-state index in [2.05, 4.69) is 60.8 Å². The highest BCUT2D eigenvalue weighted by atomic mass is 16.1. The number of aryl methyl sites for hydroxylation is 1. The Morgan fingerprint density at radius 3 is 2.12 bits per heavy atom. The molecular weight excluding hydrogens is 318 g/mol. The van der Waals surface area contributed by atoms with Gasteiger partial charge in [-0.25, -0.2) is 0 Å². The molecule has 0 radical (unpaired) electrons. The zero-order valence-corrected chi connectivity index (χ0v) is 17.5. The smallest absolute Gasteiger partial charge is 0.137 e. The summed E-state index contributed by atoms with van der Waals surface area (Å²) in [6.07, 6.45) is 5.26. The molecule has 0 aliphatic heterocycles. The second kappa shape index (κ2) is 15.3. The predicted octanol–water partition coefficient (Wildman–Crippen LogP) is 6.08. The second-order valence-electron chi connectivity index (χ2n) is 5.69. The average molecular weight is 356 g/mol. The maximum atomic E-state index is 10.9. The monoisotopic (exact) mass is 355 g/mol. The molecule has 144 valence electrons. The number of hydrogen-bond acceptors (Lipinski definition) is 2. The van der Waals surface area contributed by atoms with Crippen molar-refractivity contribution in [3.8, 4) is 11.1 Å². The Morgan fingerprint density at radius 2 is 1.58 bits per heavy atom. The van der Waals surface area contributed by atoms with Crippen LogP contribution in [0.25, 0.3) is 11.1 Å². The van der Waals surface area contributed by atoms with Crippen LogP contribution in [-0.4, -0.2) is 19.4 Å². The number of rotatable bonds is 8. The lowest BCUT2D eigenvalue weighted by Crippen LogP contribution is -2.28. The van der Waals surface area contributed by atoms with Crippen LogP contribution in [0.3, 0.4) is 0 Å². The summed E-state index contributed by atoms with van der Waals surface area (Å²) >= 11 is 0. The molecule has 2 aromatic rings. The third kappa shape index (κ3) is 7.97. The molecule has 0 bridgehead atoms. The molecule has 2 nitrogen and oxygen atoms in total. The Morgan fingerprint density at radius 1 is 0.962 bits per heavy atom. The SMILES string of the molecule is CC.CC.CCCCc1ccccc1-c1ccc(CC(C=O)NC)cc1. The lowest BCUT2D eigenvalue weighted by atomic mass is 9.95. The summed E-state index contributed by atoms with van der Waals surface area (Å²) in [6, 6.07) is 17.1. The highest BCUT2D eigenvalue weighted by Gasteiger charge is 2.07. The van der Waals surface area contributed by atoms with Crippen molar-refractivity contribution in [3.05, 3.63) is 59.7 Å². The van der Waals surface area contributed by atoms with Gasteiger partial charge >= 0.3 is 0 Å². The van der Waals surface area contributed by atoms with Gasteiger partial charge in [0.25, 0.3) is 0 Å². The Labute approximate surface area is 161 Å². The van der Waals surface area contributed by atoms with Gasteiger partial charge in [-0.1, -0.05) is 89.6 Å². The molecule has 1 unspecified atom stereocenters. The van der Waals surface area contributed by atoms with E-state index in [1.54, 1.807) is 0 Å². The fourth-order valence-electron chi connectivity index (χ4n) is 2.68. The summed E-state index contributed by atoms with van der Waals surface area (Å²) in [6.45, 7) is 10.2. The molecule has 2 rings (SSSR count). The van der Waals surface area contributed by atoms with Gasteiger partial charge in [0.2, 0.25) is 0 Å². The summed E-state index contributed by atoms with van der Waals surface area (Å²) < 4.78 is 0. The molecule has 0 amide bonds. The summed E-state index contributed by atoms with van der Waals surface area (Å²) in [5.74, 6) is 0. The summed E-state index contributed by atoms with van der Waals surface area (Å²) in [7, 11) is 1.82. The standard InChI is InChI=1S/C20H25NO.2C2H6/c1-3-4-7-17-8-5-6-9-20(17)18-12-10-16(11-13-18)14-19(15-22)21-2;2*1-2/h5-6,8-13,15,19,21H,3-4,7,14H2,1-2H3;2*1-2H3. The molecule has 0 aliphatic rings. The summed E-state index contributed by atoms with van der Waals surface area (Å²) in [5, 5.41) is 3.01. The van der Waals surface area contributed by atoms with E-state index >= 15 is 0 Å². The van der Waals surface area contributed by atoms with Crippen LogP contribution >= 0.6 is 0 Å². The van der Waals surface area contributed by atoms with E-state index in [4.69, 9.17) is 0 Å². The first kappa shape index (κ1) is 24.1. The maximum absolute atomic E-state index is 10.9. The molecule has 1 N–H and O–H groups in total. The number of nitrogens with one attached hydrogen (secondary N) is 1. The van der Waals surface area contributed by atoms with Crippen molar-refractivity contribution in [2.75, 3.05) is 7.05 Å². The quantitative estimate of drug-likeness (QED) is 0.582. The van der Waals surface area contributed by atoms with Crippen molar-refractivity contribution >= 4 is 6.29 Å². The normalized spacial score (nSPS) is 10.7. The van der Waals surface area contributed by atoms with Gasteiger partial charge in [0.1, 0.15) is 6.29 Å². The zero-order valence-electron chi connectivity index (χ0n) is 17.5. The van der Waals surface area contributed by atoms with Gasteiger partial charge in [0, 0.05) is 0 Å². The van der Waals surface area contributed by atoms with E-state index in [-0.39, 0.29) is 6.04 Å². The Balaban J connectivity index is 0.00000146.